The third-order valence-electron chi connectivity index (χ3n) is 4.00. The number of sulfone groups is 1. The Morgan fingerprint density at radius 1 is 1.32 bits per heavy atom. The van der Waals surface area contributed by atoms with Gasteiger partial charge in [-0.05, 0) is 25.7 Å². The number of nitrogens with two attached hydrogens (primary N) is 1. The van der Waals surface area contributed by atoms with Crippen LogP contribution in [-0.2, 0) is 14.6 Å². The predicted octanol–water partition coefficient (Wildman–Crippen LogP) is 0.772. The standard InChI is InChI=1S/C12H22N2O3S2/c1-3-12(4-2,10(13)18)11(15)14-9-5-7-19(16,17)8-6-9/h9H,3-8H2,1-2H3,(H2,13,18)(H,14,15). The highest BCUT2D eigenvalue weighted by molar-refractivity contribution is 7.91. The monoisotopic (exact) mass is 306 g/mol. The van der Waals surface area contributed by atoms with Crippen LogP contribution < -0.4 is 11.1 Å². The molecule has 5 nitrogen and oxygen atoms in total. The van der Waals surface area contributed by atoms with Crippen LogP contribution >= 0.6 is 12.2 Å². The summed E-state index contributed by atoms with van der Waals surface area (Å²) >= 11 is 5.03. The first-order valence-corrected chi connectivity index (χ1v) is 8.81. The molecule has 110 valence electrons. The Balaban J connectivity index is 2.71. The fourth-order valence-corrected chi connectivity index (χ4v) is 4.26. The molecule has 1 amide bonds. The number of hydrogen-bond donors (Lipinski definition) is 2. The van der Waals surface area contributed by atoms with Crippen molar-refractivity contribution in [2.24, 2.45) is 11.1 Å². The van der Waals surface area contributed by atoms with E-state index in [0.29, 0.717) is 25.7 Å². The molecular formula is C12H22N2O3S2. The normalized spacial score (nSPS) is 19.9. The van der Waals surface area contributed by atoms with E-state index in [1.165, 1.54) is 0 Å². The maximum absolute atomic E-state index is 12.4. The molecule has 1 aliphatic heterocycles. The number of amides is 1. The average molecular weight is 306 g/mol. The smallest absolute Gasteiger partial charge is 0.233 e. The highest BCUT2D eigenvalue weighted by Gasteiger charge is 2.39. The third-order valence-corrected chi connectivity index (χ3v) is 6.11. The van der Waals surface area contributed by atoms with Gasteiger partial charge in [0.05, 0.1) is 21.9 Å². The van der Waals surface area contributed by atoms with Crippen molar-refractivity contribution in [1.82, 2.24) is 5.32 Å². The van der Waals surface area contributed by atoms with Crippen LogP contribution in [0.2, 0.25) is 0 Å². The van der Waals surface area contributed by atoms with Crippen molar-refractivity contribution >= 4 is 33.0 Å². The van der Waals surface area contributed by atoms with Crippen molar-refractivity contribution in [3.63, 3.8) is 0 Å². The van der Waals surface area contributed by atoms with Gasteiger partial charge in [0, 0.05) is 6.04 Å². The van der Waals surface area contributed by atoms with E-state index < -0.39 is 15.3 Å². The molecule has 0 atom stereocenters. The Morgan fingerprint density at radius 3 is 2.16 bits per heavy atom. The first kappa shape index (κ1) is 16.4. The molecular weight excluding hydrogens is 284 g/mol. The van der Waals surface area contributed by atoms with Gasteiger partial charge in [-0.3, -0.25) is 4.79 Å². The van der Waals surface area contributed by atoms with E-state index in [1.807, 2.05) is 13.8 Å². The zero-order valence-electron chi connectivity index (χ0n) is 11.4. The van der Waals surface area contributed by atoms with Crippen LogP contribution in [0.25, 0.3) is 0 Å². The van der Waals surface area contributed by atoms with Gasteiger partial charge < -0.3 is 11.1 Å². The van der Waals surface area contributed by atoms with Gasteiger partial charge >= 0.3 is 0 Å². The number of carbonyl (C=O) groups is 1. The molecule has 0 radical (unpaired) electrons. The molecule has 19 heavy (non-hydrogen) atoms. The van der Waals surface area contributed by atoms with E-state index in [-0.39, 0.29) is 28.4 Å². The minimum atomic E-state index is -2.92. The summed E-state index contributed by atoms with van der Waals surface area (Å²) in [6.45, 7) is 3.77. The van der Waals surface area contributed by atoms with Crippen molar-refractivity contribution in [2.75, 3.05) is 11.5 Å². The number of carbonyl (C=O) groups excluding carboxylic acids is 1. The van der Waals surface area contributed by atoms with Crippen LogP contribution in [0.1, 0.15) is 39.5 Å². The first-order chi connectivity index (χ1) is 8.77. The highest BCUT2D eigenvalue weighted by atomic mass is 32.2. The minimum absolute atomic E-state index is 0.0946. The van der Waals surface area contributed by atoms with Crippen LogP contribution in [0, 0.1) is 5.41 Å². The van der Waals surface area contributed by atoms with Gasteiger partial charge in [-0.2, -0.15) is 0 Å². The zero-order valence-corrected chi connectivity index (χ0v) is 13.1. The lowest BCUT2D eigenvalue weighted by Crippen LogP contribution is -2.52. The van der Waals surface area contributed by atoms with Gasteiger partial charge in [0.25, 0.3) is 0 Å². The van der Waals surface area contributed by atoms with Crippen LogP contribution in [0.4, 0.5) is 0 Å². The number of nitrogens with one attached hydrogen (secondary N) is 1. The van der Waals surface area contributed by atoms with Crippen molar-refractivity contribution in [3.8, 4) is 0 Å². The number of hydrogen-bond acceptors (Lipinski definition) is 4. The Labute approximate surface area is 120 Å². The predicted molar refractivity (Wildman–Crippen MR) is 79.6 cm³/mol. The highest BCUT2D eigenvalue weighted by Crippen LogP contribution is 2.28. The quantitative estimate of drug-likeness (QED) is 0.732. The molecule has 1 aliphatic rings. The summed E-state index contributed by atoms with van der Waals surface area (Å²) in [5, 5.41) is 2.91. The SMILES string of the molecule is CCC(CC)(C(=O)NC1CCS(=O)(=O)CC1)C(N)=S. The van der Waals surface area contributed by atoms with Gasteiger partial charge in [0.2, 0.25) is 5.91 Å². The van der Waals surface area contributed by atoms with Gasteiger partial charge in [-0.15, -0.1) is 0 Å². The molecule has 0 aromatic rings. The topological polar surface area (TPSA) is 89.3 Å². The van der Waals surface area contributed by atoms with Gasteiger partial charge in [0.15, 0.2) is 0 Å². The molecule has 3 N–H and O–H groups in total. The fourth-order valence-electron chi connectivity index (χ4n) is 2.39. The van der Waals surface area contributed by atoms with Gasteiger partial charge in [-0.25, -0.2) is 8.42 Å². The number of thiocarbonyl (C=S) groups is 1. The van der Waals surface area contributed by atoms with E-state index in [4.69, 9.17) is 18.0 Å². The second kappa shape index (κ2) is 6.17. The van der Waals surface area contributed by atoms with E-state index >= 15 is 0 Å². The van der Waals surface area contributed by atoms with Crippen molar-refractivity contribution in [3.05, 3.63) is 0 Å². The Morgan fingerprint density at radius 2 is 1.79 bits per heavy atom. The molecule has 0 spiro atoms. The summed E-state index contributed by atoms with van der Waals surface area (Å²) in [6, 6.07) is -0.0946. The Hall–Kier alpha value is -0.690. The lowest BCUT2D eigenvalue weighted by atomic mass is 9.81. The van der Waals surface area contributed by atoms with Crippen LogP contribution in [0.5, 0.6) is 0 Å². The van der Waals surface area contributed by atoms with Gasteiger partial charge in [-0.1, -0.05) is 26.1 Å². The zero-order chi connectivity index (χ0) is 14.7. The molecule has 1 heterocycles. The van der Waals surface area contributed by atoms with Crippen LogP contribution in [0.15, 0.2) is 0 Å². The minimum Gasteiger partial charge on any atom is -0.392 e. The molecule has 0 aromatic carbocycles. The summed E-state index contributed by atoms with van der Waals surface area (Å²) in [4.78, 5) is 12.6. The Bertz CT molecular complexity index is 442. The summed E-state index contributed by atoms with van der Waals surface area (Å²) in [7, 11) is -2.92. The molecule has 0 aliphatic carbocycles. The number of rotatable bonds is 5. The van der Waals surface area contributed by atoms with Crippen molar-refractivity contribution < 1.29 is 13.2 Å². The summed E-state index contributed by atoms with van der Waals surface area (Å²) in [6.07, 6.45) is 2.04. The molecule has 0 bridgehead atoms. The Kier molecular flexibility index (Phi) is 5.32. The van der Waals surface area contributed by atoms with E-state index in [1.54, 1.807) is 0 Å². The summed E-state index contributed by atoms with van der Waals surface area (Å²) in [5.74, 6) is 0.0984. The summed E-state index contributed by atoms with van der Waals surface area (Å²) < 4.78 is 22.7. The maximum Gasteiger partial charge on any atom is 0.233 e. The molecule has 0 saturated carbocycles. The van der Waals surface area contributed by atoms with E-state index in [0.717, 1.165) is 0 Å². The van der Waals surface area contributed by atoms with Gasteiger partial charge in [0.1, 0.15) is 9.84 Å². The molecule has 1 rings (SSSR count). The average Bonchev–Trinajstić information content (AvgIpc) is 2.34. The second-order valence-electron chi connectivity index (χ2n) is 5.05. The molecule has 0 aromatic heterocycles. The summed E-state index contributed by atoms with van der Waals surface area (Å²) in [5.41, 5.74) is 4.90. The van der Waals surface area contributed by atoms with E-state index in [9.17, 15) is 13.2 Å². The second-order valence-corrected chi connectivity index (χ2v) is 7.80. The van der Waals surface area contributed by atoms with Crippen LogP contribution in [0.3, 0.4) is 0 Å². The van der Waals surface area contributed by atoms with Crippen molar-refractivity contribution in [1.29, 1.82) is 0 Å². The molecule has 1 fully saturated rings. The fraction of sp³-hybridized carbons (Fsp3) is 0.833. The third kappa shape index (κ3) is 3.66. The maximum atomic E-state index is 12.4. The lowest BCUT2D eigenvalue weighted by Gasteiger charge is -2.32. The molecule has 1 saturated heterocycles. The molecule has 7 heteroatoms. The molecule has 0 unspecified atom stereocenters. The van der Waals surface area contributed by atoms with E-state index in [2.05, 4.69) is 5.32 Å². The largest absolute Gasteiger partial charge is 0.392 e. The van der Waals surface area contributed by atoms with Crippen molar-refractivity contribution in [2.45, 2.75) is 45.6 Å². The first-order valence-electron chi connectivity index (χ1n) is 6.58. The lowest BCUT2D eigenvalue weighted by molar-refractivity contribution is -0.128. The van der Waals surface area contributed by atoms with Crippen LogP contribution in [-0.4, -0.2) is 36.9 Å².